The molecule has 10 heteroatoms. The number of aliphatic hydroxyl groups excluding tert-OH is 1. The van der Waals surface area contributed by atoms with Crippen LogP contribution in [0, 0.1) is 5.41 Å². The van der Waals surface area contributed by atoms with Crippen molar-refractivity contribution in [2.24, 2.45) is 5.41 Å². The summed E-state index contributed by atoms with van der Waals surface area (Å²) in [6, 6.07) is 6.00. The Hall–Kier alpha value is -3.27. The normalized spacial score (nSPS) is 21.7. The molecule has 1 aliphatic heterocycles. The van der Waals surface area contributed by atoms with Crippen molar-refractivity contribution >= 4 is 22.8 Å². The van der Waals surface area contributed by atoms with Gasteiger partial charge in [-0.1, -0.05) is 43.3 Å². The van der Waals surface area contributed by atoms with Crippen LogP contribution in [0.15, 0.2) is 35.0 Å². The van der Waals surface area contributed by atoms with Crippen molar-refractivity contribution in [2.45, 2.75) is 70.7 Å². The van der Waals surface area contributed by atoms with Crippen molar-refractivity contribution in [1.82, 2.24) is 30.4 Å². The van der Waals surface area contributed by atoms with Gasteiger partial charge in [0.25, 0.3) is 0 Å². The van der Waals surface area contributed by atoms with Crippen LogP contribution in [0.3, 0.4) is 0 Å². The summed E-state index contributed by atoms with van der Waals surface area (Å²) >= 11 is 0. The number of benzene rings is 1. The minimum Gasteiger partial charge on any atom is -0.391 e. The number of hydrogen-bond acceptors (Lipinski definition) is 7. The fraction of sp³-hybridized carbons (Fsp3) is 0.542. The third-order valence-electron chi connectivity index (χ3n) is 6.59. The number of aromatic nitrogens is 4. The Labute approximate surface area is 197 Å². The highest BCUT2D eigenvalue weighted by molar-refractivity contribution is 5.90. The Morgan fingerprint density at radius 3 is 2.76 bits per heavy atom. The van der Waals surface area contributed by atoms with Crippen LogP contribution in [0.25, 0.3) is 11.0 Å². The van der Waals surface area contributed by atoms with Crippen LogP contribution < -0.4 is 5.32 Å². The second-order valence-corrected chi connectivity index (χ2v) is 10.4. The van der Waals surface area contributed by atoms with E-state index in [1.165, 1.54) is 4.90 Å². The number of carbonyl (C=O) groups excluding carboxylic acids is 2. The molecule has 34 heavy (non-hydrogen) atoms. The molecule has 2 aromatic heterocycles. The zero-order valence-electron chi connectivity index (χ0n) is 19.6. The molecule has 3 aromatic rings. The first kappa shape index (κ1) is 22.5. The Bertz CT molecular complexity index is 1210. The van der Waals surface area contributed by atoms with Gasteiger partial charge in [-0.05, 0) is 30.4 Å². The van der Waals surface area contributed by atoms with E-state index in [2.05, 4.69) is 20.8 Å². The first-order chi connectivity index (χ1) is 16.2. The quantitative estimate of drug-likeness (QED) is 0.570. The number of nitrogens with zero attached hydrogens (tertiary/aromatic N) is 5. The van der Waals surface area contributed by atoms with Gasteiger partial charge in [-0.15, -0.1) is 5.10 Å². The molecule has 0 bridgehead atoms. The first-order valence-corrected chi connectivity index (χ1v) is 11.7. The Morgan fingerprint density at radius 1 is 1.26 bits per heavy atom. The summed E-state index contributed by atoms with van der Waals surface area (Å²) in [5, 5.41) is 26.6. The lowest BCUT2D eigenvalue weighted by atomic mass is 9.85. The predicted octanol–water partition coefficient (Wildman–Crippen LogP) is 2.16. The molecule has 10 nitrogen and oxygen atoms in total. The second-order valence-electron chi connectivity index (χ2n) is 10.4. The molecule has 2 aliphatic rings. The molecule has 2 unspecified atom stereocenters. The Balaban J connectivity index is 1.34. The molecule has 3 heterocycles. The third-order valence-corrected chi connectivity index (χ3v) is 6.59. The number of β-amino-alcohol motifs (C(OH)–C–C–N with tert-alkyl or cyclic N) is 1. The van der Waals surface area contributed by atoms with Crippen molar-refractivity contribution in [2.75, 3.05) is 6.54 Å². The van der Waals surface area contributed by atoms with Crippen LogP contribution in [0.4, 0.5) is 0 Å². The first-order valence-electron chi connectivity index (χ1n) is 11.7. The van der Waals surface area contributed by atoms with Crippen molar-refractivity contribution in [3.63, 3.8) is 0 Å². The summed E-state index contributed by atoms with van der Waals surface area (Å²) in [6.45, 7) is 6.16. The van der Waals surface area contributed by atoms with E-state index in [1.807, 2.05) is 51.2 Å². The topological polar surface area (TPSA) is 126 Å². The van der Waals surface area contributed by atoms with Crippen LogP contribution in [0.5, 0.6) is 0 Å². The highest BCUT2D eigenvalue weighted by Gasteiger charge is 2.45. The van der Waals surface area contributed by atoms with Crippen molar-refractivity contribution < 1.29 is 19.2 Å². The van der Waals surface area contributed by atoms with Gasteiger partial charge in [-0.3, -0.25) is 9.59 Å². The smallest absolute Gasteiger partial charge is 0.248 e. The molecule has 1 aromatic carbocycles. The van der Waals surface area contributed by atoms with Gasteiger partial charge >= 0.3 is 0 Å². The lowest BCUT2D eigenvalue weighted by Gasteiger charge is -2.34. The van der Waals surface area contributed by atoms with E-state index in [9.17, 15) is 14.7 Å². The number of aliphatic hydroxyl groups is 1. The van der Waals surface area contributed by atoms with Crippen molar-refractivity contribution in [1.29, 1.82) is 0 Å². The highest BCUT2D eigenvalue weighted by atomic mass is 16.5. The second kappa shape index (κ2) is 8.50. The Kier molecular flexibility index (Phi) is 5.63. The van der Waals surface area contributed by atoms with Gasteiger partial charge in [-0.25, -0.2) is 4.68 Å². The molecular formula is C24H30N6O4. The van der Waals surface area contributed by atoms with Gasteiger partial charge in [0.1, 0.15) is 17.8 Å². The molecule has 180 valence electrons. The SMILES string of the molecule is CC(C)(C)[C@@H](C(=O)N1CC(O)CC1C(=O)NCc1noc2ccccc12)n1cc(C2CC2)nn1. The fourth-order valence-electron chi connectivity index (χ4n) is 4.68. The highest BCUT2D eigenvalue weighted by Crippen LogP contribution is 2.40. The van der Waals surface area contributed by atoms with Crippen LogP contribution >= 0.6 is 0 Å². The molecule has 2 fully saturated rings. The fourth-order valence-corrected chi connectivity index (χ4v) is 4.68. The monoisotopic (exact) mass is 466 g/mol. The maximum atomic E-state index is 13.8. The summed E-state index contributed by atoms with van der Waals surface area (Å²) in [6.07, 6.45) is 3.44. The van der Waals surface area contributed by atoms with E-state index < -0.39 is 23.6 Å². The molecule has 1 aliphatic carbocycles. The van der Waals surface area contributed by atoms with Gasteiger partial charge in [-0.2, -0.15) is 0 Å². The number of carbonyl (C=O) groups is 2. The largest absolute Gasteiger partial charge is 0.391 e. The molecular weight excluding hydrogens is 436 g/mol. The van der Waals surface area contributed by atoms with Crippen LogP contribution in [0.2, 0.25) is 0 Å². The summed E-state index contributed by atoms with van der Waals surface area (Å²) in [4.78, 5) is 28.4. The maximum Gasteiger partial charge on any atom is 0.248 e. The van der Waals surface area contributed by atoms with Crippen LogP contribution in [0.1, 0.15) is 63.4 Å². The van der Waals surface area contributed by atoms with Gasteiger partial charge in [0.2, 0.25) is 11.8 Å². The van der Waals surface area contributed by atoms with Gasteiger partial charge < -0.3 is 19.8 Å². The number of para-hydroxylation sites is 1. The van der Waals surface area contributed by atoms with E-state index >= 15 is 0 Å². The summed E-state index contributed by atoms with van der Waals surface area (Å²) < 4.78 is 6.93. The standard InChI is InChI=1S/C24H30N6O4/c1-24(2,3)21(30-13-18(26-28-30)14-8-9-14)23(33)29-12-15(31)10-19(29)22(32)25-11-17-16-6-4-5-7-20(16)34-27-17/h4-7,13-15,19,21,31H,8-12H2,1-3H3,(H,25,32)/t15?,19?,21-/m1/s1. The number of rotatable bonds is 6. The molecule has 1 saturated carbocycles. The van der Waals surface area contributed by atoms with Crippen molar-refractivity contribution in [3.05, 3.63) is 41.9 Å². The Morgan fingerprint density at radius 2 is 2.03 bits per heavy atom. The van der Waals surface area contributed by atoms with E-state index in [0.29, 0.717) is 17.2 Å². The lowest BCUT2D eigenvalue weighted by molar-refractivity contribution is -0.144. The summed E-state index contributed by atoms with van der Waals surface area (Å²) in [7, 11) is 0. The molecule has 5 rings (SSSR count). The number of nitrogens with one attached hydrogen (secondary N) is 1. The molecule has 2 N–H and O–H groups in total. The molecule has 0 spiro atoms. The zero-order chi connectivity index (χ0) is 24.0. The summed E-state index contributed by atoms with van der Waals surface area (Å²) in [5.41, 5.74) is 1.69. The van der Waals surface area contributed by atoms with Crippen molar-refractivity contribution in [3.8, 4) is 0 Å². The molecule has 2 amide bonds. The molecule has 1 saturated heterocycles. The summed E-state index contributed by atoms with van der Waals surface area (Å²) in [5.74, 6) is -0.158. The molecule has 0 radical (unpaired) electrons. The van der Waals surface area contributed by atoms with Gasteiger partial charge in [0.05, 0.1) is 18.3 Å². The minimum atomic E-state index is -0.781. The maximum absolute atomic E-state index is 13.8. The van der Waals surface area contributed by atoms with E-state index in [4.69, 9.17) is 4.52 Å². The molecule has 3 atom stereocenters. The number of likely N-dealkylation sites (tertiary alicyclic amines) is 1. The average Bonchev–Trinajstić information content (AvgIpc) is 3.19. The van der Waals surface area contributed by atoms with Gasteiger partial charge in [0, 0.05) is 30.5 Å². The van der Waals surface area contributed by atoms with E-state index in [-0.39, 0.29) is 31.3 Å². The number of fused-ring (bicyclic) bond motifs is 1. The third kappa shape index (κ3) is 4.29. The zero-order valence-corrected chi connectivity index (χ0v) is 19.6. The van der Waals surface area contributed by atoms with Crippen LogP contribution in [-0.2, 0) is 16.1 Å². The lowest BCUT2D eigenvalue weighted by Crippen LogP contribution is -2.50. The van der Waals surface area contributed by atoms with E-state index in [0.717, 1.165) is 23.9 Å². The average molecular weight is 467 g/mol. The predicted molar refractivity (Wildman–Crippen MR) is 122 cm³/mol. The van der Waals surface area contributed by atoms with Crippen LogP contribution in [-0.4, -0.2) is 60.7 Å². The minimum absolute atomic E-state index is 0.0978. The van der Waals surface area contributed by atoms with Gasteiger partial charge in [0.15, 0.2) is 5.58 Å². The number of amides is 2. The van der Waals surface area contributed by atoms with E-state index in [1.54, 1.807) is 4.68 Å². The number of hydrogen-bond donors (Lipinski definition) is 2.